The second-order valence-corrected chi connectivity index (χ2v) is 18.4. The number of aliphatic imine (C=N–C) groups is 1. The molecule has 1 unspecified atom stereocenters. The molecule has 5 aliphatic rings. The van der Waals surface area contributed by atoms with E-state index in [9.17, 15) is 24.4 Å². The molecule has 1 saturated carbocycles. The van der Waals surface area contributed by atoms with Crippen molar-refractivity contribution in [1.82, 2.24) is 20.9 Å². The van der Waals surface area contributed by atoms with E-state index in [1.54, 1.807) is 24.4 Å². The highest BCUT2D eigenvalue weighted by Gasteiger charge is 2.64. The number of piperazine rings is 1. The number of benzene rings is 3. The predicted octanol–water partition coefficient (Wildman–Crippen LogP) is 5.20. The number of Topliss-reactive ketones (excluding diaryl/α,β-unsaturated/α-hetero) is 1. The number of imide groups is 1. The molecule has 4 fully saturated rings. The molecule has 314 valence electrons. The molecule has 3 aromatic rings. The maximum atomic E-state index is 13.5. The van der Waals surface area contributed by atoms with Crippen molar-refractivity contribution >= 4 is 52.7 Å². The summed E-state index contributed by atoms with van der Waals surface area (Å²) < 4.78 is 6.39. The molecule has 8 rings (SSSR count). The molecule has 13 nitrogen and oxygen atoms in total. The number of ether oxygens (including phenoxy) is 1. The third kappa shape index (κ3) is 8.12. The van der Waals surface area contributed by atoms with Crippen LogP contribution in [0, 0.1) is 28.1 Å². The van der Waals surface area contributed by atoms with E-state index in [0.29, 0.717) is 39.8 Å². The molecule has 0 spiro atoms. The predicted molar refractivity (Wildman–Crippen MR) is 231 cm³/mol. The minimum atomic E-state index is -0.858. The zero-order valence-electron chi connectivity index (χ0n) is 34.7. The van der Waals surface area contributed by atoms with Crippen LogP contribution in [0.15, 0.2) is 65.7 Å². The maximum Gasteiger partial charge on any atom is 0.251 e. The number of anilines is 2. The summed E-state index contributed by atoms with van der Waals surface area (Å²) in [5.41, 5.74) is 3.88. The van der Waals surface area contributed by atoms with Crippen molar-refractivity contribution in [3.8, 4) is 11.8 Å². The lowest BCUT2D eigenvalue weighted by atomic mass is 9.49. The highest BCUT2D eigenvalue weighted by molar-refractivity contribution is 6.31. The molecule has 3 saturated heterocycles. The number of nitriles is 1. The highest BCUT2D eigenvalue weighted by Crippen LogP contribution is 2.55. The van der Waals surface area contributed by atoms with Crippen LogP contribution in [0.4, 0.5) is 11.4 Å². The quantitative estimate of drug-likeness (QED) is 0.232. The Labute approximate surface area is 356 Å². The van der Waals surface area contributed by atoms with Gasteiger partial charge in [0.15, 0.2) is 6.17 Å². The third-order valence-corrected chi connectivity index (χ3v) is 13.6. The molecular weight excluding hydrogens is 780 g/mol. The van der Waals surface area contributed by atoms with E-state index in [-0.39, 0.29) is 47.0 Å². The van der Waals surface area contributed by atoms with E-state index < -0.39 is 18.1 Å². The molecule has 3 amide bonds. The minimum absolute atomic E-state index is 0.104. The maximum absolute atomic E-state index is 13.5. The summed E-state index contributed by atoms with van der Waals surface area (Å²) in [6.45, 7) is 15.0. The number of hydrogen-bond donors (Lipinski definition) is 3. The number of nitrogens with zero attached hydrogens (tertiary/aromatic N) is 5. The lowest BCUT2D eigenvalue weighted by Crippen LogP contribution is -2.74. The summed E-state index contributed by atoms with van der Waals surface area (Å²) in [4.78, 5) is 62.6. The van der Waals surface area contributed by atoms with Gasteiger partial charge in [0, 0.05) is 109 Å². The summed E-state index contributed by atoms with van der Waals surface area (Å²) in [5, 5.41) is 18.2. The number of fused-ring (bicyclic) bond motifs is 1. The van der Waals surface area contributed by atoms with Gasteiger partial charge in [-0.3, -0.25) is 39.7 Å². The summed E-state index contributed by atoms with van der Waals surface area (Å²) in [6, 6.07) is 20.2. The van der Waals surface area contributed by atoms with E-state index in [2.05, 4.69) is 87.6 Å². The Morgan fingerprint density at radius 1 is 0.933 bits per heavy atom. The molecule has 60 heavy (non-hydrogen) atoms. The van der Waals surface area contributed by atoms with Gasteiger partial charge in [0.25, 0.3) is 5.91 Å². The van der Waals surface area contributed by atoms with E-state index in [1.807, 2.05) is 24.3 Å². The number of hydrogen-bond acceptors (Lipinski definition) is 11. The number of carbonyl (C=O) groups is 4. The Morgan fingerprint density at radius 2 is 1.65 bits per heavy atom. The van der Waals surface area contributed by atoms with Gasteiger partial charge in [-0.25, -0.2) is 0 Å². The molecule has 3 aromatic carbocycles. The number of rotatable bonds is 10. The van der Waals surface area contributed by atoms with Crippen LogP contribution in [0.1, 0.15) is 85.2 Å². The Bertz CT molecular complexity index is 2220. The van der Waals surface area contributed by atoms with Crippen molar-refractivity contribution < 1.29 is 23.9 Å². The van der Waals surface area contributed by atoms with Gasteiger partial charge in [-0.15, -0.1) is 0 Å². The van der Waals surface area contributed by atoms with Crippen LogP contribution < -0.4 is 30.5 Å². The number of ketones is 1. The fourth-order valence-electron chi connectivity index (χ4n) is 10.2. The topological polar surface area (TPSA) is 159 Å². The van der Waals surface area contributed by atoms with Crippen LogP contribution in [0.3, 0.4) is 0 Å². The van der Waals surface area contributed by atoms with Crippen LogP contribution in [0.5, 0.6) is 5.75 Å². The zero-order chi connectivity index (χ0) is 42.3. The molecule has 4 heterocycles. The summed E-state index contributed by atoms with van der Waals surface area (Å²) >= 11 is 6.26. The van der Waals surface area contributed by atoms with Gasteiger partial charge in [0.1, 0.15) is 17.9 Å². The molecule has 0 bridgehead atoms. The monoisotopic (exact) mass is 832 g/mol. The first-order valence-corrected chi connectivity index (χ1v) is 21.4. The normalized spacial score (nSPS) is 25.2. The van der Waals surface area contributed by atoms with Gasteiger partial charge in [0.05, 0.1) is 16.6 Å². The smallest absolute Gasteiger partial charge is 0.251 e. The van der Waals surface area contributed by atoms with Gasteiger partial charge in [0.2, 0.25) is 17.6 Å². The van der Waals surface area contributed by atoms with Gasteiger partial charge in [-0.1, -0.05) is 51.4 Å². The van der Waals surface area contributed by atoms with Gasteiger partial charge >= 0.3 is 0 Å². The third-order valence-electron chi connectivity index (χ3n) is 13.3. The van der Waals surface area contributed by atoms with Crippen molar-refractivity contribution in [2.75, 3.05) is 55.6 Å². The largest absolute Gasteiger partial charge is 0.489 e. The molecule has 0 radical (unpaired) electrons. The minimum Gasteiger partial charge on any atom is -0.489 e. The number of amides is 3. The Kier molecular flexibility index (Phi) is 11.5. The molecule has 3 N–H and O–H groups in total. The molecule has 2 atom stereocenters. The van der Waals surface area contributed by atoms with E-state index in [1.165, 1.54) is 0 Å². The second kappa shape index (κ2) is 16.6. The summed E-state index contributed by atoms with van der Waals surface area (Å²) in [5.74, 6) is 0.226. The van der Waals surface area contributed by atoms with E-state index in [4.69, 9.17) is 16.3 Å². The average Bonchev–Trinajstić information content (AvgIpc) is 3.24. The van der Waals surface area contributed by atoms with Crippen LogP contribution >= 0.6 is 11.6 Å². The highest BCUT2D eigenvalue weighted by atomic mass is 35.5. The van der Waals surface area contributed by atoms with Crippen molar-refractivity contribution in [2.24, 2.45) is 21.7 Å². The first kappa shape index (κ1) is 41.4. The molecule has 14 heteroatoms. The van der Waals surface area contributed by atoms with Crippen LogP contribution in [-0.2, 0) is 9.59 Å². The summed E-state index contributed by atoms with van der Waals surface area (Å²) in [7, 11) is 0. The molecule has 1 aliphatic carbocycles. The molecule has 0 aromatic heterocycles. The molecule has 4 aliphatic heterocycles. The number of piperidine rings is 2. The standard InChI is InChI=1S/C46H53ClN8O5/c1-45(2)43(46(3,4)44(45)60-32-13-10-30(25-48)35(47)24-32)52-41(58)29-8-11-31(12-9-29)54-18-16-28(17-19-54)27-53-20-22-55(23-21-53)37-7-5-6-33-34(37)26-49-40(39(33)57)50-36-14-15-38(56)51-42(36)59/h5-13,24,26,28,36,40,43-44,50H,14-23,27H2,1-4H3,(H,52,58)(H,51,56,59)/t36-,40?,43?,44?/m0/s1. The first-order chi connectivity index (χ1) is 28.7. The number of carbonyl (C=O) groups excluding carboxylic acids is 4. The van der Waals surface area contributed by atoms with E-state index in [0.717, 1.165) is 75.6 Å². The average molecular weight is 833 g/mol. The zero-order valence-corrected chi connectivity index (χ0v) is 35.4. The van der Waals surface area contributed by atoms with Crippen LogP contribution in [0.2, 0.25) is 5.02 Å². The fourth-order valence-corrected chi connectivity index (χ4v) is 10.5. The number of nitrogens with one attached hydrogen (secondary N) is 3. The van der Waals surface area contributed by atoms with Crippen LogP contribution in [-0.4, -0.2) is 105 Å². The fraction of sp³-hybridized carbons (Fsp3) is 0.478. The lowest BCUT2D eigenvalue weighted by Gasteiger charge is -2.63. The Morgan fingerprint density at radius 3 is 2.32 bits per heavy atom. The number of halogens is 1. The van der Waals surface area contributed by atoms with Crippen molar-refractivity contribution in [3.05, 3.63) is 87.9 Å². The van der Waals surface area contributed by atoms with Crippen LogP contribution in [0.25, 0.3) is 0 Å². The van der Waals surface area contributed by atoms with Crippen molar-refractivity contribution in [3.63, 3.8) is 0 Å². The Hall–Kier alpha value is -5.29. The second-order valence-electron chi connectivity index (χ2n) is 18.0. The Balaban J connectivity index is 0.788. The van der Waals surface area contributed by atoms with Gasteiger partial charge < -0.3 is 19.9 Å². The van der Waals surface area contributed by atoms with Gasteiger partial charge in [-0.05, 0) is 67.6 Å². The summed E-state index contributed by atoms with van der Waals surface area (Å²) in [6.07, 6.45) is 3.50. The van der Waals surface area contributed by atoms with Gasteiger partial charge in [-0.2, -0.15) is 5.26 Å². The molecular formula is C46H53ClN8O5. The first-order valence-electron chi connectivity index (χ1n) is 21.0. The van der Waals surface area contributed by atoms with Crippen molar-refractivity contribution in [2.45, 2.75) is 77.7 Å². The lowest BCUT2D eigenvalue weighted by molar-refractivity contribution is -0.164. The van der Waals surface area contributed by atoms with Crippen molar-refractivity contribution in [1.29, 1.82) is 5.26 Å². The van der Waals surface area contributed by atoms with E-state index >= 15 is 0 Å². The SMILES string of the molecule is CC1(C)C(NC(=O)c2ccc(N3CCC(CN4CCN(c5cccc6c5C=NC(N[C@H]5CCC(=O)NC5=O)C6=O)CC4)CC3)cc2)C(C)(C)C1Oc1ccc(C#N)c(Cl)c1.